The molecule has 0 N–H and O–H groups in total. The van der Waals surface area contributed by atoms with Gasteiger partial charge in [-0.05, 0) is 78.7 Å². The van der Waals surface area contributed by atoms with E-state index in [9.17, 15) is 14.0 Å². The van der Waals surface area contributed by atoms with Crippen molar-refractivity contribution in [2.75, 3.05) is 32.8 Å². The van der Waals surface area contributed by atoms with Gasteiger partial charge in [0, 0.05) is 34.6 Å². The van der Waals surface area contributed by atoms with Crippen molar-refractivity contribution in [1.82, 2.24) is 9.80 Å². The third-order valence-corrected chi connectivity index (χ3v) is 8.26. The van der Waals surface area contributed by atoms with E-state index in [1.165, 1.54) is 17.0 Å². The van der Waals surface area contributed by atoms with Gasteiger partial charge in [0.25, 0.3) is 5.91 Å². The summed E-state index contributed by atoms with van der Waals surface area (Å²) in [6, 6.07) is 14.8. The van der Waals surface area contributed by atoms with Gasteiger partial charge in [-0.15, -0.1) is 11.3 Å². The van der Waals surface area contributed by atoms with Gasteiger partial charge in [0.1, 0.15) is 24.7 Å². The van der Waals surface area contributed by atoms with Crippen molar-refractivity contribution in [3.05, 3.63) is 86.3 Å². The van der Waals surface area contributed by atoms with Crippen molar-refractivity contribution in [2.45, 2.75) is 31.4 Å². The fraction of sp³-hybridized carbons (Fsp3) is 0.357. The Balaban J connectivity index is 1.35. The highest BCUT2D eigenvalue weighted by atomic mass is 79.9. The molecule has 0 radical (unpaired) electrons. The van der Waals surface area contributed by atoms with Crippen LogP contribution >= 0.6 is 27.3 Å². The number of halogens is 2. The monoisotopic (exact) mass is 586 g/mol. The zero-order valence-electron chi connectivity index (χ0n) is 20.3. The first-order valence-electron chi connectivity index (χ1n) is 12.4. The number of hydrogen-bond acceptors (Lipinski definition) is 5. The summed E-state index contributed by atoms with van der Waals surface area (Å²) in [7, 11) is 0. The van der Waals surface area contributed by atoms with E-state index in [2.05, 4.69) is 15.9 Å². The number of thiophene rings is 1. The molecule has 0 bridgehead atoms. The van der Waals surface area contributed by atoms with Crippen LogP contribution in [-0.4, -0.2) is 60.6 Å². The molecule has 2 atom stereocenters. The summed E-state index contributed by atoms with van der Waals surface area (Å²) in [6.07, 6.45) is 2.50. The molecule has 1 fully saturated rings. The van der Waals surface area contributed by atoms with Gasteiger partial charge in [0.2, 0.25) is 5.91 Å². The molecule has 3 aromatic rings. The van der Waals surface area contributed by atoms with Crippen LogP contribution in [0.4, 0.5) is 4.39 Å². The number of nitrogens with zero attached hydrogens (tertiary/aromatic N) is 2. The van der Waals surface area contributed by atoms with Gasteiger partial charge in [-0.1, -0.05) is 22.0 Å². The van der Waals surface area contributed by atoms with Crippen LogP contribution in [0.15, 0.2) is 64.5 Å². The zero-order valence-corrected chi connectivity index (χ0v) is 22.7. The van der Waals surface area contributed by atoms with Crippen LogP contribution in [0.2, 0.25) is 0 Å². The maximum atomic E-state index is 13.8. The van der Waals surface area contributed by atoms with Crippen LogP contribution in [-0.2, 0) is 16.0 Å². The second-order valence-corrected chi connectivity index (χ2v) is 11.2. The van der Waals surface area contributed by atoms with Gasteiger partial charge >= 0.3 is 0 Å². The van der Waals surface area contributed by atoms with Crippen molar-refractivity contribution in [2.24, 2.45) is 0 Å². The van der Waals surface area contributed by atoms with Crippen molar-refractivity contribution < 1.29 is 23.5 Å². The maximum Gasteiger partial charge on any atom is 0.254 e. The summed E-state index contributed by atoms with van der Waals surface area (Å²) < 4.78 is 25.9. The van der Waals surface area contributed by atoms with E-state index >= 15 is 0 Å². The zero-order chi connectivity index (χ0) is 25.8. The molecular weight excluding hydrogens is 559 g/mol. The molecule has 1 saturated heterocycles. The van der Waals surface area contributed by atoms with E-state index in [0.717, 1.165) is 29.3 Å². The highest BCUT2D eigenvalue weighted by Crippen LogP contribution is 2.34. The molecule has 2 aromatic carbocycles. The number of carbonyl (C=O) groups excluding carboxylic acids is 2. The van der Waals surface area contributed by atoms with Gasteiger partial charge < -0.3 is 19.3 Å². The number of carbonyl (C=O) groups is 2. The number of rotatable bonds is 8. The quantitative estimate of drug-likeness (QED) is 0.351. The molecule has 3 heterocycles. The predicted molar refractivity (Wildman–Crippen MR) is 143 cm³/mol. The molecule has 0 unspecified atom stereocenters. The van der Waals surface area contributed by atoms with E-state index in [4.69, 9.17) is 9.47 Å². The molecule has 2 aliphatic heterocycles. The van der Waals surface area contributed by atoms with Crippen LogP contribution in [0.5, 0.6) is 5.75 Å². The summed E-state index contributed by atoms with van der Waals surface area (Å²) in [6.45, 7) is 1.78. The first-order chi connectivity index (χ1) is 18.0. The van der Waals surface area contributed by atoms with Crippen LogP contribution < -0.4 is 4.74 Å². The average Bonchev–Trinajstić information content (AvgIpc) is 3.59. The van der Waals surface area contributed by atoms with E-state index in [0.29, 0.717) is 31.0 Å². The van der Waals surface area contributed by atoms with Crippen LogP contribution in [0, 0.1) is 5.82 Å². The molecule has 2 amide bonds. The Bertz CT molecular complexity index is 1240. The van der Waals surface area contributed by atoms with Crippen LogP contribution in [0.25, 0.3) is 0 Å². The lowest BCUT2D eigenvalue weighted by atomic mass is 10.00. The molecule has 6 nitrogen and oxygen atoms in total. The molecule has 194 valence electrons. The topological polar surface area (TPSA) is 59.1 Å². The minimum atomic E-state index is -0.330. The van der Waals surface area contributed by atoms with Gasteiger partial charge in [0.15, 0.2) is 0 Å². The first-order valence-corrected chi connectivity index (χ1v) is 14.1. The second kappa shape index (κ2) is 11.8. The predicted octanol–water partition coefficient (Wildman–Crippen LogP) is 5.48. The Kier molecular flexibility index (Phi) is 8.22. The van der Waals surface area contributed by atoms with Crippen LogP contribution in [0.1, 0.15) is 39.7 Å². The number of hydrogen-bond donors (Lipinski definition) is 0. The van der Waals surface area contributed by atoms with Gasteiger partial charge in [-0.3, -0.25) is 9.59 Å². The summed E-state index contributed by atoms with van der Waals surface area (Å²) >= 11 is 5.11. The number of amides is 2. The SMILES string of the molecule is O=C(c1cccc(Br)c1)N(CC(=O)N1CCc2sccc2[C@H]1COc1ccc(F)cc1)C[C@@H]1CCCO1. The third-order valence-electron chi connectivity index (χ3n) is 6.77. The number of ether oxygens (including phenoxy) is 2. The molecule has 0 spiro atoms. The Morgan fingerprint density at radius 3 is 2.78 bits per heavy atom. The van der Waals surface area contributed by atoms with E-state index in [1.807, 2.05) is 28.5 Å². The number of benzene rings is 2. The average molecular weight is 588 g/mol. The Morgan fingerprint density at radius 2 is 2.03 bits per heavy atom. The van der Waals surface area contributed by atoms with Gasteiger partial charge in [-0.2, -0.15) is 0 Å². The molecule has 1 aromatic heterocycles. The normalized spacial score (nSPS) is 18.9. The van der Waals surface area contributed by atoms with Crippen LogP contribution in [0.3, 0.4) is 0 Å². The summed E-state index contributed by atoms with van der Waals surface area (Å²) in [5.41, 5.74) is 1.59. The van der Waals surface area contributed by atoms with Crippen molar-refractivity contribution in [3.8, 4) is 5.75 Å². The van der Waals surface area contributed by atoms with E-state index in [1.54, 1.807) is 40.5 Å². The molecule has 5 rings (SSSR count). The summed E-state index contributed by atoms with van der Waals surface area (Å²) in [5, 5.41) is 2.03. The van der Waals surface area contributed by atoms with Crippen molar-refractivity contribution >= 4 is 39.1 Å². The van der Waals surface area contributed by atoms with Gasteiger partial charge in [-0.25, -0.2) is 4.39 Å². The second-order valence-electron chi connectivity index (χ2n) is 9.25. The lowest BCUT2D eigenvalue weighted by Gasteiger charge is -2.37. The largest absolute Gasteiger partial charge is 0.491 e. The fourth-order valence-corrected chi connectivity index (χ4v) is 6.22. The molecule has 37 heavy (non-hydrogen) atoms. The maximum absolute atomic E-state index is 13.8. The smallest absolute Gasteiger partial charge is 0.254 e. The third kappa shape index (κ3) is 6.22. The molecular formula is C28H28BrFN2O4S. The molecule has 0 aliphatic carbocycles. The minimum absolute atomic E-state index is 0.0439. The molecule has 2 aliphatic rings. The standard InChI is InChI=1S/C28H28BrFN2O4S/c29-20-4-1-3-19(15-20)28(34)31(16-23-5-2-13-35-23)17-27(33)32-12-10-26-24(11-14-37-26)25(32)18-36-22-8-6-21(30)7-9-22/h1,3-4,6-9,11,14-15,23,25H,2,5,10,12-13,16-18H2/t23-,25+/m0/s1. The summed E-state index contributed by atoms with van der Waals surface area (Å²) in [4.78, 5) is 31.9. The Morgan fingerprint density at radius 1 is 1.19 bits per heavy atom. The minimum Gasteiger partial charge on any atom is -0.491 e. The first kappa shape index (κ1) is 25.9. The number of fused-ring (bicyclic) bond motifs is 1. The molecule has 9 heteroatoms. The Hall–Kier alpha value is -2.75. The summed E-state index contributed by atoms with van der Waals surface area (Å²) in [5.74, 6) is -0.118. The molecule has 0 saturated carbocycles. The van der Waals surface area contributed by atoms with Crippen molar-refractivity contribution in [3.63, 3.8) is 0 Å². The lowest BCUT2D eigenvalue weighted by molar-refractivity contribution is -0.135. The fourth-order valence-electron chi connectivity index (χ4n) is 4.89. The van der Waals surface area contributed by atoms with Crippen molar-refractivity contribution in [1.29, 1.82) is 0 Å². The Labute approximate surface area is 228 Å². The lowest BCUT2D eigenvalue weighted by Crippen LogP contribution is -2.49. The van der Waals surface area contributed by atoms with Gasteiger partial charge in [0.05, 0.1) is 12.1 Å². The van der Waals surface area contributed by atoms with E-state index in [-0.39, 0.29) is 42.9 Å². The van der Waals surface area contributed by atoms with E-state index < -0.39 is 0 Å². The highest BCUT2D eigenvalue weighted by Gasteiger charge is 2.34. The highest BCUT2D eigenvalue weighted by molar-refractivity contribution is 9.10.